The maximum absolute atomic E-state index is 12.3. The summed E-state index contributed by atoms with van der Waals surface area (Å²) in [7, 11) is 0. The summed E-state index contributed by atoms with van der Waals surface area (Å²) in [5.41, 5.74) is 2.71. The molecule has 0 radical (unpaired) electrons. The number of nitrogens with one attached hydrogen (secondary N) is 1. The first-order valence-corrected chi connectivity index (χ1v) is 8.49. The average Bonchev–Trinajstić information content (AvgIpc) is 3.27. The summed E-state index contributed by atoms with van der Waals surface area (Å²) in [6.45, 7) is 0.681. The second kappa shape index (κ2) is 5.51. The summed E-state index contributed by atoms with van der Waals surface area (Å²) in [5, 5.41) is 16.2. The molecule has 3 heterocycles. The van der Waals surface area contributed by atoms with Crippen LogP contribution in [0.25, 0.3) is 10.6 Å². The normalized spacial score (nSPS) is 12.7. The first kappa shape index (κ1) is 13.4. The number of thiophene rings is 1. The van der Waals surface area contributed by atoms with E-state index in [-0.39, 0.29) is 5.91 Å². The van der Waals surface area contributed by atoms with Gasteiger partial charge in [-0.05, 0) is 35.2 Å². The van der Waals surface area contributed by atoms with Crippen LogP contribution in [0.2, 0.25) is 0 Å². The lowest BCUT2D eigenvalue weighted by atomic mass is 10.1. The van der Waals surface area contributed by atoms with Crippen molar-refractivity contribution in [1.82, 2.24) is 10.2 Å². The predicted molar refractivity (Wildman–Crippen MR) is 86.8 cm³/mol. The predicted octanol–water partition coefficient (Wildman–Crippen LogP) is 3.45. The number of amides is 1. The zero-order valence-electron chi connectivity index (χ0n) is 11.4. The van der Waals surface area contributed by atoms with Crippen molar-refractivity contribution in [1.29, 1.82) is 0 Å². The molecule has 1 aromatic carbocycles. The molecule has 2 aromatic heterocycles. The van der Waals surface area contributed by atoms with E-state index in [1.807, 2.05) is 29.0 Å². The molecule has 0 unspecified atom stereocenters. The Morgan fingerprint density at radius 2 is 2.23 bits per heavy atom. The van der Waals surface area contributed by atoms with Gasteiger partial charge in [-0.25, -0.2) is 0 Å². The molecule has 0 spiro atoms. The minimum absolute atomic E-state index is 0.178. The molecule has 3 aromatic rings. The fourth-order valence-electron chi connectivity index (χ4n) is 2.27. The standard InChI is InChI=1S/C15H11N3O2S2/c19-13(10-1-2-12-9(7-10)3-5-20-12)16-15-18-17-14(22-15)11-4-6-21-8-11/h1-2,4,6-8H,3,5H2,(H,16,18,19). The average molecular weight is 329 g/mol. The van der Waals surface area contributed by atoms with E-state index >= 15 is 0 Å². The lowest BCUT2D eigenvalue weighted by molar-refractivity contribution is 0.102. The fourth-order valence-corrected chi connectivity index (χ4v) is 3.72. The number of benzene rings is 1. The molecule has 0 saturated carbocycles. The van der Waals surface area contributed by atoms with Gasteiger partial charge >= 0.3 is 0 Å². The highest BCUT2D eigenvalue weighted by molar-refractivity contribution is 7.19. The lowest BCUT2D eigenvalue weighted by Gasteiger charge is -2.03. The largest absolute Gasteiger partial charge is 0.493 e. The second-order valence-electron chi connectivity index (χ2n) is 4.80. The van der Waals surface area contributed by atoms with Gasteiger partial charge in [0.15, 0.2) is 0 Å². The van der Waals surface area contributed by atoms with E-state index in [4.69, 9.17) is 4.74 Å². The van der Waals surface area contributed by atoms with E-state index in [2.05, 4.69) is 15.5 Å². The first-order valence-electron chi connectivity index (χ1n) is 6.73. The molecule has 5 nitrogen and oxygen atoms in total. The van der Waals surface area contributed by atoms with E-state index in [0.717, 1.165) is 28.3 Å². The Labute approximate surface area is 134 Å². The number of carbonyl (C=O) groups is 1. The van der Waals surface area contributed by atoms with Crippen molar-refractivity contribution in [3.05, 3.63) is 46.2 Å². The Morgan fingerprint density at radius 1 is 1.27 bits per heavy atom. The Kier molecular flexibility index (Phi) is 3.36. The molecule has 1 N–H and O–H groups in total. The van der Waals surface area contributed by atoms with Gasteiger partial charge in [-0.1, -0.05) is 11.3 Å². The van der Waals surface area contributed by atoms with Crippen LogP contribution in [0, 0.1) is 0 Å². The first-order chi connectivity index (χ1) is 10.8. The molecule has 0 atom stereocenters. The van der Waals surface area contributed by atoms with Gasteiger partial charge in [0.1, 0.15) is 10.8 Å². The topological polar surface area (TPSA) is 64.1 Å². The highest BCUT2D eigenvalue weighted by atomic mass is 32.1. The number of aromatic nitrogens is 2. The molecular formula is C15H11N3O2S2. The van der Waals surface area contributed by atoms with Crippen LogP contribution in [-0.4, -0.2) is 22.7 Å². The van der Waals surface area contributed by atoms with Crippen LogP contribution < -0.4 is 10.1 Å². The van der Waals surface area contributed by atoms with Crippen LogP contribution in [0.15, 0.2) is 35.0 Å². The van der Waals surface area contributed by atoms with Crippen LogP contribution in [-0.2, 0) is 6.42 Å². The van der Waals surface area contributed by atoms with E-state index in [1.165, 1.54) is 11.3 Å². The summed E-state index contributed by atoms with van der Waals surface area (Å²) in [5.74, 6) is 0.690. The fraction of sp³-hybridized carbons (Fsp3) is 0.133. The zero-order chi connectivity index (χ0) is 14.9. The third-order valence-corrected chi connectivity index (χ3v) is 4.94. The van der Waals surface area contributed by atoms with E-state index < -0.39 is 0 Å². The molecule has 7 heteroatoms. The number of ether oxygens (including phenoxy) is 1. The minimum Gasteiger partial charge on any atom is -0.493 e. The SMILES string of the molecule is O=C(Nc1nnc(-c2ccsc2)s1)c1ccc2c(c1)CCO2. The molecule has 0 bridgehead atoms. The Morgan fingerprint density at radius 3 is 3.09 bits per heavy atom. The highest BCUT2D eigenvalue weighted by Gasteiger charge is 2.16. The van der Waals surface area contributed by atoms with Gasteiger partial charge in [0.2, 0.25) is 5.13 Å². The highest BCUT2D eigenvalue weighted by Crippen LogP contribution is 2.29. The van der Waals surface area contributed by atoms with Crippen molar-refractivity contribution in [2.45, 2.75) is 6.42 Å². The minimum atomic E-state index is -0.178. The third-order valence-electron chi connectivity index (χ3n) is 3.37. The number of carbonyl (C=O) groups excluding carboxylic acids is 1. The number of nitrogens with zero attached hydrogens (tertiary/aromatic N) is 2. The van der Waals surface area contributed by atoms with Crippen LogP contribution in [0.1, 0.15) is 15.9 Å². The summed E-state index contributed by atoms with van der Waals surface area (Å²) in [6.07, 6.45) is 0.845. The monoisotopic (exact) mass is 329 g/mol. The van der Waals surface area contributed by atoms with E-state index in [0.29, 0.717) is 17.3 Å². The summed E-state index contributed by atoms with van der Waals surface area (Å²) in [6, 6.07) is 7.46. The van der Waals surface area contributed by atoms with Crippen molar-refractivity contribution in [3.8, 4) is 16.3 Å². The molecule has 0 fully saturated rings. The van der Waals surface area contributed by atoms with Crippen LogP contribution >= 0.6 is 22.7 Å². The third kappa shape index (κ3) is 2.49. The van der Waals surface area contributed by atoms with Gasteiger partial charge in [0, 0.05) is 22.9 Å². The number of anilines is 1. The van der Waals surface area contributed by atoms with Crippen LogP contribution in [0.3, 0.4) is 0 Å². The molecule has 22 heavy (non-hydrogen) atoms. The van der Waals surface area contributed by atoms with Crippen molar-refractivity contribution >= 4 is 33.7 Å². The van der Waals surface area contributed by atoms with Crippen LogP contribution in [0.4, 0.5) is 5.13 Å². The van der Waals surface area contributed by atoms with Crippen molar-refractivity contribution in [2.75, 3.05) is 11.9 Å². The van der Waals surface area contributed by atoms with Crippen molar-refractivity contribution in [3.63, 3.8) is 0 Å². The van der Waals surface area contributed by atoms with Gasteiger partial charge in [-0.2, -0.15) is 11.3 Å². The Bertz CT molecular complexity index is 827. The summed E-state index contributed by atoms with van der Waals surface area (Å²) >= 11 is 2.97. The molecule has 110 valence electrons. The van der Waals surface area contributed by atoms with Crippen molar-refractivity contribution in [2.24, 2.45) is 0 Å². The molecule has 0 aliphatic carbocycles. The smallest absolute Gasteiger partial charge is 0.257 e. The quantitative estimate of drug-likeness (QED) is 0.799. The van der Waals surface area contributed by atoms with Gasteiger partial charge in [-0.3, -0.25) is 10.1 Å². The zero-order valence-corrected chi connectivity index (χ0v) is 13.0. The van der Waals surface area contributed by atoms with Gasteiger partial charge in [0.25, 0.3) is 5.91 Å². The molecule has 1 amide bonds. The molecule has 4 rings (SSSR count). The molecular weight excluding hydrogens is 318 g/mol. The van der Waals surface area contributed by atoms with Gasteiger partial charge < -0.3 is 4.74 Å². The van der Waals surface area contributed by atoms with Crippen LogP contribution in [0.5, 0.6) is 5.75 Å². The summed E-state index contributed by atoms with van der Waals surface area (Å²) in [4.78, 5) is 12.3. The molecule has 1 aliphatic rings. The Balaban J connectivity index is 1.52. The number of hydrogen-bond acceptors (Lipinski definition) is 6. The van der Waals surface area contributed by atoms with Gasteiger partial charge in [0.05, 0.1) is 6.61 Å². The number of rotatable bonds is 3. The maximum Gasteiger partial charge on any atom is 0.257 e. The molecule has 0 saturated heterocycles. The maximum atomic E-state index is 12.3. The number of hydrogen-bond donors (Lipinski definition) is 1. The number of fused-ring (bicyclic) bond motifs is 1. The van der Waals surface area contributed by atoms with Crippen molar-refractivity contribution < 1.29 is 9.53 Å². The van der Waals surface area contributed by atoms with Gasteiger partial charge in [-0.15, -0.1) is 10.2 Å². The second-order valence-corrected chi connectivity index (χ2v) is 6.56. The van der Waals surface area contributed by atoms with E-state index in [1.54, 1.807) is 17.4 Å². The Hall–Kier alpha value is -2.25. The molecule has 1 aliphatic heterocycles. The lowest BCUT2D eigenvalue weighted by Crippen LogP contribution is -2.11. The van der Waals surface area contributed by atoms with E-state index in [9.17, 15) is 4.79 Å². The summed E-state index contributed by atoms with van der Waals surface area (Å²) < 4.78 is 5.45.